The maximum atomic E-state index is 12.4. The lowest BCUT2D eigenvalue weighted by molar-refractivity contribution is -0.241. The number of esters is 2. The van der Waals surface area contributed by atoms with E-state index in [2.05, 4.69) is 13.8 Å². The topological polar surface area (TPSA) is 134 Å². The molecule has 1 rings (SSSR count). The molecule has 1 aliphatic rings. The third-order valence-corrected chi connectivity index (χ3v) is 10.6. The van der Waals surface area contributed by atoms with Gasteiger partial charge in [0, 0.05) is 12.8 Å². The summed E-state index contributed by atoms with van der Waals surface area (Å²) in [5, 5.41) is 42.4. The molecule has 1 fully saturated rings. The van der Waals surface area contributed by atoms with Gasteiger partial charge in [0.05, 0.1) is 0 Å². The van der Waals surface area contributed by atoms with Gasteiger partial charge in [-0.1, -0.05) is 194 Å². The molecular weight excluding hydrogens is 632 g/mol. The number of hydrogen-bond donors (Lipinski definition) is 4. The van der Waals surface area contributed by atoms with Crippen LogP contribution in [-0.4, -0.2) is 69.0 Å². The highest BCUT2D eigenvalue weighted by Gasteiger charge is 2.52. The first-order chi connectivity index (χ1) is 24.3. The Labute approximate surface area is 306 Å². The Balaban J connectivity index is 2.10. The van der Waals surface area contributed by atoms with Crippen molar-refractivity contribution in [1.82, 2.24) is 0 Å². The maximum absolute atomic E-state index is 12.4. The summed E-state index contributed by atoms with van der Waals surface area (Å²) >= 11 is 0. The number of hydrogen-bond acceptors (Lipinski definition) is 8. The van der Waals surface area contributed by atoms with Crippen LogP contribution in [0.15, 0.2) is 0 Å². The van der Waals surface area contributed by atoms with Crippen molar-refractivity contribution in [3.05, 3.63) is 0 Å². The van der Waals surface area contributed by atoms with Gasteiger partial charge in [-0.3, -0.25) is 9.59 Å². The first-order valence-corrected chi connectivity index (χ1v) is 21.4. The number of aliphatic hydroxyl groups is 4. The lowest BCUT2D eigenvalue weighted by atomic mass is 9.84. The Morgan fingerprint density at radius 1 is 0.340 bits per heavy atom. The van der Waals surface area contributed by atoms with E-state index < -0.39 is 48.6 Å². The second-order valence-corrected chi connectivity index (χ2v) is 15.3. The second-order valence-electron chi connectivity index (χ2n) is 15.3. The van der Waals surface area contributed by atoms with Crippen LogP contribution in [0.5, 0.6) is 0 Å². The van der Waals surface area contributed by atoms with E-state index in [1.54, 1.807) is 0 Å². The Kier molecular flexibility index (Phi) is 30.4. The molecule has 0 saturated heterocycles. The number of unbranched alkanes of at least 4 members (excludes halogenated alkanes) is 28. The smallest absolute Gasteiger partial charge is 0.306 e. The average molecular weight is 713 g/mol. The normalized spacial score (nSPS) is 22.1. The van der Waals surface area contributed by atoms with Crippen molar-refractivity contribution in [2.75, 3.05) is 0 Å². The Morgan fingerprint density at radius 3 is 0.720 bits per heavy atom. The summed E-state index contributed by atoms with van der Waals surface area (Å²) in [7, 11) is 0. The highest BCUT2D eigenvalue weighted by molar-refractivity contribution is 5.70. The molecule has 0 bridgehead atoms. The number of carbonyl (C=O) groups excluding carboxylic acids is 2. The van der Waals surface area contributed by atoms with Crippen LogP contribution in [0, 0.1) is 0 Å². The van der Waals surface area contributed by atoms with Crippen molar-refractivity contribution in [2.24, 2.45) is 0 Å². The van der Waals surface area contributed by atoms with Crippen molar-refractivity contribution in [3.63, 3.8) is 0 Å². The summed E-state index contributed by atoms with van der Waals surface area (Å²) in [6.45, 7) is 4.50. The molecule has 1 saturated carbocycles. The summed E-state index contributed by atoms with van der Waals surface area (Å²) in [6, 6.07) is 0. The van der Waals surface area contributed by atoms with E-state index in [1.807, 2.05) is 0 Å². The first kappa shape index (κ1) is 46.8. The zero-order chi connectivity index (χ0) is 36.7. The van der Waals surface area contributed by atoms with Gasteiger partial charge in [-0.25, -0.2) is 0 Å². The average Bonchev–Trinajstić information content (AvgIpc) is 3.11. The summed E-state index contributed by atoms with van der Waals surface area (Å²) < 4.78 is 10.6. The number of carbonyl (C=O) groups is 2. The maximum Gasteiger partial charge on any atom is 0.306 e. The number of ether oxygens (including phenoxy) is 2. The van der Waals surface area contributed by atoms with Crippen molar-refractivity contribution in [3.8, 4) is 0 Å². The standard InChI is InChI=1S/C42H80O8/c1-3-5-7-9-11-13-15-17-19-21-23-25-27-29-31-33-35(43)49-41-37(45)39(47)42(40(48)38(41)46)50-36(44)34-32-30-28-26-24-22-20-18-16-14-12-10-8-6-4-2/h37-42,45-48H,3-34H2,1-2H3. The summed E-state index contributed by atoms with van der Waals surface area (Å²) in [5.74, 6) is -1.18. The third-order valence-electron chi connectivity index (χ3n) is 10.6. The van der Waals surface area contributed by atoms with E-state index in [0.717, 1.165) is 38.5 Å². The summed E-state index contributed by atoms with van der Waals surface area (Å²) in [6.07, 6.45) is 27.2. The van der Waals surface area contributed by atoms with Gasteiger partial charge < -0.3 is 29.9 Å². The molecule has 8 heteroatoms. The van der Waals surface area contributed by atoms with Gasteiger partial charge in [-0.2, -0.15) is 0 Å². The van der Waals surface area contributed by atoms with E-state index in [4.69, 9.17) is 9.47 Å². The molecule has 0 spiro atoms. The molecule has 0 aliphatic heterocycles. The minimum Gasteiger partial charge on any atom is -0.457 e. The lowest BCUT2D eigenvalue weighted by Crippen LogP contribution is -2.65. The first-order valence-electron chi connectivity index (χ1n) is 21.4. The largest absolute Gasteiger partial charge is 0.457 e. The Bertz CT molecular complexity index is 712. The van der Waals surface area contributed by atoms with Crippen molar-refractivity contribution < 1.29 is 39.5 Å². The van der Waals surface area contributed by atoms with Crippen LogP contribution in [-0.2, 0) is 19.1 Å². The molecule has 296 valence electrons. The molecule has 50 heavy (non-hydrogen) atoms. The van der Waals surface area contributed by atoms with E-state index >= 15 is 0 Å². The number of rotatable bonds is 34. The van der Waals surface area contributed by atoms with Gasteiger partial charge in [0.25, 0.3) is 0 Å². The molecule has 1 aliphatic carbocycles. The zero-order valence-corrected chi connectivity index (χ0v) is 32.5. The fraction of sp³-hybridized carbons (Fsp3) is 0.952. The Hall–Kier alpha value is -1.22. The second kappa shape index (κ2) is 32.4. The lowest BCUT2D eigenvalue weighted by Gasteiger charge is -2.42. The fourth-order valence-electron chi connectivity index (χ4n) is 7.16. The number of aliphatic hydroxyl groups excluding tert-OH is 4. The minimum atomic E-state index is -1.68. The molecule has 0 aromatic rings. The SMILES string of the molecule is CCCCCCCCCCCCCCCCCC(=O)OC1C(O)C(O)C(OC(=O)CCCCCCCCCCCCCCCCC)C(O)C1O. The van der Waals surface area contributed by atoms with Crippen molar-refractivity contribution >= 4 is 11.9 Å². The van der Waals surface area contributed by atoms with Crippen LogP contribution < -0.4 is 0 Å². The van der Waals surface area contributed by atoms with E-state index in [-0.39, 0.29) is 12.8 Å². The van der Waals surface area contributed by atoms with Gasteiger partial charge >= 0.3 is 11.9 Å². The predicted molar refractivity (Wildman–Crippen MR) is 203 cm³/mol. The van der Waals surface area contributed by atoms with Gasteiger partial charge in [0.15, 0.2) is 12.2 Å². The molecule has 8 nitrogen and oxygen atoms in total. The molecule has 4 unspecified atom stereocenters. The molecule has 0 heterocycles. The molecular formula is C42H80O8. The van der Waals surface area contributed by atoms with Crippen molar-refractivity contribution in [1.29, 1.82) is 0 Å². The highest BCUT2D eigenvalue weighted by Crippen LogP contribution is 2.27. The van der Waals surface area contributed by atoms with Crippen LogP contribution in [0.2, 0.25) is 0 Å². The summed E-state index contributed by atoms with van der Waals surface area (Å²) in [4.78, 5) is 24.9. The quantitative estimate of drug-likeness (QED) is 0.0383. The molecule has 4 atom stereocenters. The van der Waals surface area contributed by atoms with Crippen LogP contribution in [0.4, 0.5) is 0 Å². The fourth-order valence-corrected chi connectivity index (χ4v) is 7.16. The van der Waals surface area contributed by atoms with E-state index in [1.165, 1.54) is 141 Å². The van der Waals surface area contributed by atoms with Gasteiger partial charge in [0.2, 0.25) is 0 Å². The monoisotopic (exact) mass is 713 g/mol. The van der Waals surface area contributed by atoms with Crippen LogP contribution in [0.1, 0.15) is 219 Å². The predicted octanol–water partition coefficient (Wildman–Crippen LogP) is 9.79. The van der Waals surface area contributed by atoms with E-state index in [0.29, 0.717) is 12.8 Å². The minimum absolute atomic E-state index is 0.137. The highest BCUT2D eigenvalue weighted by atomic mass is 16.6. The van der Waals surface area contributed by atoms with Gasteiger partial charge in [0.1, 0.15) is 24.4 Å². The van der Waals surface area contributed by atoms with Crippen LogP contribution >= 0.6 is 0 Å². The van der Waals surface area contributed by atoms with Crippen LogP contribution in [0.25, 0.3) is 0 Å². The Morgan fingerprint density at radius 2 is 0.520 bits per heavy atom. The molecule has 0 amide bonds. The molecule has 0 aromatic carbocycles. The molecule has 0 aromatic heterocycles. The van der Waals surface area contributed by atoms with Crippen molar-refractivity contribution in [2.45, 2.75) is 256 Å². The van der Waals surface area contributed by atoms with E-state index in [9.17, 15) is 30.0 Å². The molecule has 0 radical (unpaired) electrons. The third kappa shape index (κ3) is 23.4. The van der Waals surface area contributed by atoms with Gasteiger partial charge in [-0.05, 0) is 12.8 Å². The molecule has 4 N–H and O–H groups in total. The zero-order valence-electron chi connectivity index (χ0n) is 32.5. The summed E-state index contributed by atoms with van der Waals surface area (Å²) in [5.41, 5.74) is 0. The van der Waals surface area contributed by atoms with Gasteiger partial charge in [-0.15, -0.1) is 0 Å². The van der Waals surface area contributed by atoms with Crippen LogP contribution in [0.3, 0.4) is 0 Å².